The number of fused-ring (bicyclic) bond motifs is 1. The zero-order chi connectivity index (χ0) is 21.1. The van der Waals surface area contributed by atoms with Crippen molar-refractivity contribution in [3.63, 3.8) is 0 Å². The quantitative estimate of drug-likeness (QED) is 0.503. The molecule has 1 aromatic carbocycles. The average Bonchev–Trinajstić information content (AvgIpc) is 3.07. The number of piperidine rings is 2. The minimum absolute atomic E-state index is 0.109. The maximum absolute atomic E-state index is 13.0. The van der Waals surface area contributed by atoms with Gasteiger partial charge in [0.25, 0.3) is 5.91 Å². The number of amides is 3. The Bertz CT molecular complexity index is 819. The van der Waals surface area contributed by atoms with Gasteiger partial charge in [0.2, 0.25) is 11.8 Å². The van der Waals surface area contributed by atoms with Crippen molar-refractivity contribution in [3.8, 4) is 0 Å². The van der Waals surface area contributed by atoms with Gasteiger partial charge in [-0.25, -0.2) is 0 Å². The summed E-state index contributed by atoms with van der Waals surface area (Å²) >= 11 is 0. The second kappa shape index (κ2) is 9.24. The lowest BCUT2D eigenvalue weighted by Gasteiger charge is -2.33. The van der Waals surface area contributed by atoms with Crippen LogP contribution in [0.4, 0.5) is 0 Å². The minimum Gasteiger partial charge on any atom is -0.383 e. The van der Waals surface area contributed by atoms with Gasteiger partial charge in [-0.3, -0.25) is 24.6 Å². The summed E-state index contributed by atoms with van der Waals surface area (Å²) in [6.45, 7) is 4.88. The molecule has 0 saturated carbocycles. The Morgan fingerprint density at radius 3 is 2.70 bits per heavy atom. The van der Waals surface area contributed by atoms with E-state index < -0.39 is 6.04 Å². The first kappa shape index (κ1) is 21.0. The van der Waals surface area contributed by atoms with Crippen LogP contribution in [-0.2, 0) is 27.4 Å². The first-order chi connectivity index (χ1) is 14.6. The van der Waals surface area contributed by atoms with Gasteiger partial charge < -0.3 is 15.0 Å². The molecule has 1 unspecified atom stereocenters. The van der Waals surface area contributed by atoms with Crippen LogP contribution in [-0.4, -0.2) is 73.0 Å². The molecule has 3 aliphatic rings. The summed E-state index contributed by atoms with van der Waals surface area (Å²) < 4.78 is 5.10. The fourth-order valence-corrected chi connectivity index (χ4v) is 4.70. The smallest absolute Gasteiger partial charge is 0.255 e. The third kappa shape index (κ3) is 4.40. The third-order valence-corrected chi connectivity index (χ3v) is 6.40. The minimum atomic E-state index is -0.565. The van der Waals surface area contributed by atoms with Crippen molar-refractivity contribution in [2.75, 3.05) is 33.4 Å². The van der Waals surface area contributed by atoms with Crippen LogP contribution in [0.3, 0.4) is 0 Å². The van der Waals surface area contributed by atoms with E-state index in [9.17, 15) is 14.4 Å². The highest BCUT2D eigenvalue weighted by Crippen LogP contribution is 2.30. The molecular weight excluding hydrogens is 384 g/mol. The maximum Gasteiger partial charge on any atom is 0.255 e. The van der Waals surface area contributed by atoms with Gasteiger partial charge in [-0.15, -0.1) is 0 Å². The summed E-state index contributed by atoms with van der Waals surface area (Å²) in [5, 5.41) is 5.90. The monoisotopic (exact) mass is 414 g/mol. The molecule has 0 spiro atoms. The van der Waals surface area contributed by atoms with E-state index in [1.165, 1.54) is 0 Å². The molecule has 3 amide bonds. The molecule has 0 aromatic heterocycles. The van der Waals surface area contributed by atoms with E-state index in [0.29, 0.717) is 24.6 Å². The van der Waals surface area contributed by atoms with Crippen molar-refractivity contribution < 1.29 is 19.1 Å². The molecular formula is C22H30N4O4. The van der Waals surface area contributed by atoms with E-state index in [1.807, 2.05) is 12.1 Å². The molecule has 1 atom stereocenters. The molecule has 3 aliphatic heterocycles. The van der Waals surface area contributed by atoms with Gasteiger partial charge in [-0.2, -0.15) is 0 Å². The molecule has 3 heterocycles. The van der Waals surface area contributed by atoms with Crippen LogP contribution in [0.25, 0.3) is 0 Å². The number of methoxy groups -OCH3 is 1. The predicted molar refractivity (Wildman–Crippen MR) is 111 cm³/mol. The summed E-state index contributed by atoms with van der Waals surface area (Å²) in [6, 6.07) is 5.83. The largest absolute Gasteiger partial charge is 0.383 e. The predicted octanol–water partition coefficient (Wildman–Crippen LogP) is 0.648. The zero-order valence-electron chi connectivity index (χ0n) is 17.5. The Morgan fingerprint density at radius 2 is 1.97 bits per heavy atom. The van der Waals surface area contributed by atoms with E-state index in [-0.39, 0.29) is 24.1 Å². The Balaban J connectivity index is 1.39. The van der Waals surface area contributed by atoms with Gasteiger partial charge in [-0.05, 0) is 49.5 Å². The number of likely N-dealkylation sites (tertiary alicyclic amines) is 1. The van der Waals surface area contributed by atoms with Crippen molar-refractivity contribution in [2.45, 2.75) is 50.9 Å². The topological polar surface area (TPSA) is 91.0 Å². The van der Waals surface area contributed by atoms with Gasteiger partial charge in [0, 0.05) is 44.8 Å². The first-order valence-corrected chi connectivity index (χ1v) is 10.8. The Labute approximate surface area is 176 Å². The van der Waals surface area contributed by atoms with Crippen LogP contribution < -0.4 is 10.6 Å². The number of carbonyl (C=O) groups is 3. The number of nitrogens with zero attached hydrogens (tertiary/aromatic N) is 2. The SMILES string of the molecule is COCCNC1CCN(Cc2cccc3c2CN(C2CCC(=O)NC2=O)C3=O)CC1. The Hall–Kier alpha value is -2.29. The summed E-state index contributed by atoms with van der Waals surface area (Å²) in [5.74, 6) is -0.736. The van der Waals surface area contributed by atoms with Gasteiger partial charge in [-0.1, -0.05) is 12.1 Å². The van der Waals surface area contributed by atoms with Crippen LogP contribution in [0, 0.1) is 0 Å². The van der Waals surface area contributed by atoms with Crippen molar-refractivity contribution in [1.29, 1.82) is 0 Å². The van der Waals surface area contributed by atoms with Gasteiger partial charge >= 0.3 is 0 Å². The molecule has 8 heteroatoms. The lowest BCUT2D eigenvalue weighted by Crippen LogP contribution is -2.52. The van der Waals surface area contributed by atoms with E-state index in [2.05, 4.69) is 21.6 Å². The van der Waals surface area contributed by atoms with Crippen molar-refractivity contribution in [3.05, 3.63) is 34.9 Å². The van der Waals surface area contributed by atoms with Gasteiger partial charge in [0.15, 0.2) is 0 Å². The number of hydrogen-bond donors (Lipinski definition) is 2. The number of rotatable bonds is 7. The summed E-state index contributed by atoms with van der Waals surface area (Å²) in [4.78, 5) is 40.7. The first-order valence-electron chi connectivity index (χ1n) is 10.8. The Kier molecular flexibility index (Phi) is 6.46. The van der Waals surface area contributed by atoms with E-state index >= 15 is 0 Å². The molecule has 2 N–H and O–H groups in total. The average molecular weight is 415 g/mol. The number of nitrogens with one attached hydrogen (secondary N) is 2. The standard InChI is InChI=1S/C22H30N4O4/c1-30-12-9-23-16-7-10-25(11-8-16)13-15-3-2-4-17-18(15)14-26(22(17)29)19-5-6-20(27)24-21(19)28/h2-4,16,19,23H,5-14H2,1H3,(H,24,27,28). The Morgan fingerprint density at radius 1 is 1.17 bits per heavy atom. The normalized spacial score (nSPS) is 23.0. The molecule has 0 bridgehead atoms. The van der Waals surface area contributed by atoms with Gasteiger partial charge in [0.1, 0.15) is 6.04 Å². The fraction of sp³-hybridized carbons (Fsp3) is 0.591. The highest BCUT2D eigenvalue weighted by molar-refractivity contribution is 6.05. The highest BCUT2D eigenvalue weighted by Gasteiger charge is 2.39. The molecule has 1 aromatic rings. The molecule has 2 fully saturated rings. The van der Waals surface area contributed by atoms with Crippen molar-refractivity contribution in [2.24, 2.45) is 0 Å². The van der Waals surface area contributed by atoms with Crippen LogP contribution in [0.15, 0.2) is 18.2 Å². The van der Waals surface area contributed by atoms with E-state index in [0.717, 1.165) is 56.8 Å². The summed E-state index contributed by atoms with van der Waals surface area (Å²) in [7, 11) is 1.72. The van der Waals surface area contributed by atoms with E-state index in [1.54, 1.807) is 12.0 Å². The number of imide groups is 1. The second-order valence-corrected chi connectivity index (χ2v) is 8.34. The summed E-state index contributed by atoms with van der Waals surface area (Å²) in [6.07, 6.45) is 2.86. The second-order valence-electron chi connectivity index (χ2n) is 8.34. The molecule has 30 heavy (non-hydrogen) atoms. The van der Waals surface area contributed by atoms with Crippen LogP contribution in [0.5, 0.6) is 0 Å². The van der Waals surface area contributed by atoms with Crippen LogP contribution in [0.2, 0.25) is 0 Å². The number of carbonyl (C=O) groups excluding carboxylic acids is 3. The van der Waals surface area contributed by atoms with Crippen LogP contribution >= 0.6 is 0 Å². The number of benzene rings is 1. The lowest BCUT2D eigenvalue weighted by atomic mass is 10.0. The van der Waals surface area contributed by atoms with Crippen molar-refractivity contribution >= 4 is 17.7 Å². The molecule has 162 valence electrons. The van der Waals surface area contributed by atoms with Gasteiger partial charge in [0.05, 0.1) is 6.61 Å². The molecule has 0 aliphatic carbocycles. The summed E-state index contributed by atoms with van der Waals surface area (Å²) in [5.41, 5.74) is 2.86. The molecule has 2 saturated heterocycles. The number of ether oxygens (including phenoxy) is 1. The zero-order valence-corrected chi connectivity index (χ0v) is 17.5. The molecule has 8 nitrogen and oxygen atoms in total. The van der Waals surface area contributed by atoms with Crippen molar-refractivity contribution in [1.82, 2.24) is 20.4 Å². The third-order valence-electron chi connectivity index (χ3n) is 6.40. The maximum atomic E-state index is 13.0. The van der Waals surface area contributed by atoms with Crippen LogP contribution in [0.1, 0.15) is 47.2 Å². The van der Waals surface area contributed by atoms with E-state index in [4.69, 9.17) is 4.74 Å². The fourth-order valence-electron chi connectivity index (χ4n) is 4.70. The lowest BCUT2D eigenvalue weighted by molar-refractivity contribution is -0.136. The highest BCUT2D eigenvalue weighted by atomic mass is 16.5. The molecule has 4 rings (SSSR count). The number of hydrogen-bond acceptors (Lipinski definition) is 6. The molecule has 0 radical (unpaired) electrons.